The van der Waals surface area contributed by atoms with Crippen molar-refractivity contribution >= 4 is 5.97 Å². The predicted octanol–water partition coefficient (Wildman–Crippen LogP) is 2.29. The van der Waals surface area contributed by atoms with Crippen LogP contribution in [-0.4, -0.2) is 54.4 Å². The highest BCUT2D eigenvalue weighted by atomic mass is 16.5. The molecule has 1 saturated heterocycles. The molecule has 1 aromatic carbocycles. The Hall–Kier alpha value is -1.79. The van der Waals surface area contributed by atoms with Gasteiger partial charge < -0.3 is 19.9 Å². The third-order valence-electron chi connectivity index (χ3n) is 4.06. The number of nitrogens with zero attached hydrogens (tertiary/aromatic N) is 1. The van der Waals surface area contributed by atoms with E-state index in [0.29, 0.717) is 24.7 Å². The van der Waals surface area contributed by atoms with E-state index in [2.05, 4.69) is 5.32 Å². The minimum Gasteiger partial charge on any atom is -0.490 e. The van der Waals surface area contributed by atoms with Gasteiger partial charge >= 0.3 is 5.97 Å². The van der Waals surface area contributed by atoms with Gasteiger partial charge in [-0.3, -0.25) is 9.69 Å². The van der Waals surface area contributed by atoms with E-state index in [4.69, 9.17) is 9.47 Å². The normalized spacial score (nSPS) is 20.0. The van der Waals surface area contributed by atoms with Crippen molar-refractivity contribution in [3.63, 3.8) is 0 Å². The Kier molecular flexibility index (Phi) is 6.45. The third kappa shape index (κ3) is 4.39. The Morgan fingerprint density at radius 2 is 2.17 bits per heavy atom. The maximum atomic E-state index is 11.9. The van der Waals surface area contributed by atoms with E-state index in [0.717, 1.165) is 18.7 Å². The van der Waals surface area contributed by atoms with Gasteiger partial charge in [0.1, 0.15) is 6.04 Å². The zero-order valence-electron chi connectivity index (χ0n) is 14.9. The van der Waals surface area contributed by atoms with E-state index in [1.807, 2.05) is 44.7 Å². The first-order valence-electron chi connectivity index (χ1n) is 8.56. The molecule has 1 aromatic rings. The summed E-state index contributed by atoms with van der Waals surface area (Å²) in [6.07, 6.45) is 0.0264. The van der Waals surface area contributed by atoms with Crippen LogP contribution in [0.15, 0.2) is 18.2 Å². The van der Waals surface area contributed by atoms with Gasteiger partial charge in [-0.1, -0.05) is 6.07 Å². The van der Waals surface area contributed by atoms with Crippen molar-refractivity contribution in [2.45, 2.75) is 45.9 Å². The van der Waals surface area contributed by atoms with Crippen LogP contribution >= 0.6 is 0 Å². The van der Waals surface area contributed by atoms with Crippen molar-refractivity contribution in [1.82, 2.24) is 10.2 Å². The molecular weight excluding hydrogens is 308 g/mol. The van der Waals surface area contributed by atoms with E-state index < -0.39 is 12.0 Å². The van der Waals surface area contributed by atoms with E-state index >= 15 is 0 Å². The number of carboxylic acids is 1. The average Bonchev–Trinajstić information content (AvgIpc) is 2.51. The monoisotopic (exact) mass is 336 g/mol. The van der Waals surface area contributed by atoms with Crippen molar-refractivity contribution in [3.05, 3.63) is 23.8 Å². The lowest BCUT2D eigenvalue weighted by Crippen LogP contribution is -2.52. The number of aliphatic carboxylic acids is 1. The minimum absolute atomic E-state index is 0.0264. The molecule has 0 bridgehead atoms. The topological polar surface area (TPSA) is 71.0 Å². The van der Waals surface area contributed by atoms with Crippen molar-refractivity contribution in [3.8, 4) is 11.5 Å². The van der Waals surface area contributed by atoms with Gasteiger partial charge in [-0.25, -0.2) is 0 Å². The van der Waals surface area contributed by atoms with Crippen LogP contribution in [0, 0.1) is 0 Å². The fraction of sp³-hybridized carbons (Fsp3) is 0.611. The zero-order valence-corrected chi connectivity index (χ0v) is 14.9. The number of nitrogens with one attached hydrogen (secondary N) is 1. The van der Waals surface area contributed by atoms with Gasteiger partial charge in [0.25, 0.3) is 0 Å². The Balaban J connectivity index is 2.35. The predicted molar refractivity (Wildman–Crippen MR) is 92.8 cm³/mol. The summed E-state index contributed by atoms with van der Waals surface area (Å²) in [7, 11) is 0. The first-order chi connectivity index (χ1) is 11.4. The van der Waals surface area contributed by atoms with Crippen molar-refractivity contribution in [2.24, 2.45) is 0 Å². The second kappa shape index (κ2) is 8.35. The summed E-state index contributed by atoms with van der Waals surface area (Å²) in [5.41, 5.74) is 0.718. The highest BCUT2D eigenvalue weighted by molar-refractivity contribution is 5.76. The van der Waals surface area contributed by atoms with Crippen LogP contribution in [0.5, 0.6) is 11.5 Å². The number of hydrogen-bond acceptors (Lipinski definition) is 5. The number of ether oxygens (including phenoxy) is 2. The third-order valence-corrected chi connectivity index (χ3v) is 4.06. The van der Waals surface area contributed by atoms with Crippen molar-refractivity contribution in [2.75, 3.05) is 26.2 Å². The molecule has 2 N–H and O–H groups in total. The van der Waals surface area contributed by atoms with Crippen LogP contribution in [0.4, 0.5) is 0 Å². The molecule has 0 aromatic heterocycles. The van der Waals surface area contributed by atoms with Gasteiger partial charge in [0.05, 0.1) is 12.7 Å². The zero-order chi connectivity index (χ0) is 17.7. The van der Waals surface area contributed by atoms with Gasteiger partial charge in [-0.2, -0.15) is 0 Å². The van der Waals surface area contributed by atoms with Crippen LogP contribution in [-0.2, 0) is 4.79 Å². The van der Waals surface area contributed by atoms with Gasteiger partial charge in [-0.15, -0.1) is 0 Å². The number of carboxylic acid groups (broad SMARTS) is 1. The summed E-state index contributed by atoms with van der Waals surface area (Å²) in [5.74, 6) is 0.398. The standard InChI is InChI=1S/C18H28N2O4/c1-5-23-16-10-14(6-7-15(16)24-12(2)3)17(18(21)22)20-9-8-19-11-13(20)4/h6-7,10,12-13,17,19H,5,8-9,11H2,1-4H3,(H,21,22). The Bertz CT molecular complexity index is 562. The summed E-state index contributed by atoms with van der Waals surface area (Å²) in [6, 6.07) is 4.91. The molecule has 134 valence electrons. The molecule has 0 saturated carbocycles. The van der Waals surface area contributed by atoms with Gasteiger partial charge in [0, 0.05) is 25.7 Å². The summed E-state index contributed by atoms with van der Waals surface area (Å²) < 4.78 is 11.4. The van der Waals surface area contributed by atoms with Crippen molar-refractivity contribution < 1.29 is 19.4 Å². The first-order valence-corrected chi connectivity index (χ1v) is 8.56. The molecule has 24 heavy (non-hydrogen) atoms. The summed E-state index contributed by atoms with van der Waals surface area (Å²) in [6.45, 7) is 10.6. The Morgan fingerprint density at radius 3 is 2.75 bits per heavy atom. The van der Waals surface area contributed by atoms with Crippen LogP contribution in [0.3, 0.4) is 0 Å². The van der Waals surface area contributed by atoms with Crippen LogP contribution in [0.25, 0.3) is 0 Å². The van der Waals surface area contributed by atoms with Crippen molar-refractivity contribution in [1.29, 1.82) is 0 Å². The quantitative estimate of drug-likeness (QED) is 0.796. The van der Waals surface area contributed by atoms with Crippen LogP contribution < -0.4 is 14.8 Å². The number of benzene rings is 1. The second-order valence-corrected chi connectivity index (χ2v) is 6.34. The summed E-state index contributed by atoms with van der Waals surface area (Å²) in [5, 5.41) is 13.1. The maximum absolute atomic E-state index is 11.9. The molecule has 2 rings (SSSR count). The Morgan fingerprint density at radius 1 is 1.42 bits per heavy atom. The SMILES string of the molecule is CCOc1cc(C(C(=O)O)N2CCNCC2C)ccc1OC(C)C. The maximum Gasteiger partial charge on any atom is 0.325 e. The van der Waals surface area contributed by atoms with Gasteiger partial charge in [0.2, 0.25) is 0 Å². The van der Waals surface area contributed by atoms with E-state index in [9.17, 15) is 9.90 Å². The van der Waals surface area contributed by atoms with Gasteiger partial charge in [-0.05, 0) is 45.4 Å². The molecule has 0 spiro atoms. The molecule has 0 radical (unpaired) electrons. The molecule has 2 unspecified atom stereocenters. The minimum atomic E-state index is -0.844. The smallest absolute Gasteiger partial charge is 0.325 e. The lowest BCUT2D eigenvalue weighted by atomic mass is 10.0. The highest BCUT2D eigenvalue weighted by Crippen LogP contribution is 2.34. The number of hydrogen-bond donors (Lipinski definition) is 2. The Labute approximate surface area is 143 Å². The molecule has 6 nitrogen and oxygen atoms in total. The second-order valence-electron chi connectivity index (χ2n) is 6.34. The molecular formula is C18H28N2O4. The van der Waals surface area contributed by atoms with E-state index in [1.54, 1.807) is 6.07 Å². The number of piperazine rings is 1. The first kappa shape index (κ1) is 18.5. The molecule has 1 aliphatic rings. The van der Waals surface area contributed by atoms with Crippen LogP contribution in [0.2, 0.25) is 0 Å². The average molecular weight is 336 g/mol. The molecule has 1 fully saturated rings. The van der Waals surface area contributed by atoms with Gasteiger partial charge in [0.15, 0.2) is 11.5 Å². The lowest BCUT2D eigenvalue weighted by molar-refractivity contribution is -0.145. The molecule has 0 amide bonds. The fourth-order valence-electron chi connectivity index (χ4n) is 3.03. The fourth-order valence-corrected chi connectivity index (χ4v) is 3.03. The number of carbonyl (C=O) groups is 1. The molecule has 2 atom stereocenters. The largest absolute Gasteiger partial charge is 0.490 e. The lowest BCUT2D eigenvalue weighted by Gasteiger charge is -2.38. The van der Waals surface area contributed by atoms with E-state index in [1.165, 1.54) is 0 Å². The molecule has 1 aliphatic heterocycles. The van der Waals surface area contributed by atoms with E-state index in [-0.39, 0.29) is 12.1 Å². The summed E-state index contributed by atoms with van der Waals surface area (Å²) in [4.78, 5) is 14.0. The van der Waals surface area contributed by atoms with Crippen LogP contribution in [0.1, 0.15) is 39.3 Å². The number of rotatable bonds is 7. The summed E-state index contributed by atoms with van der Waals surface area (Å²) >= 11 is 0. The highest BCUT2D eigenvalue weighted by Gasteiger charge is 2.33. The molecule has 6 heteroatoms. The molecule has 0 aliphatic carbocycles. The molecule has 1 heterocycles.